The van der Waals surface area contributed by atoms with Crippen LogP contribution in [0.5, 0.6) is 5.75 Å². The zero-order valence-electron chi connectivity index (χ0n) is 15.6. The Morgan fingerprint density at radius 2 is 1.70 bits per heavy atom. The second-order valence-electron chi connectivity index (χ2n) is 6.89. The molecule has 1 heterocycles. The summed E-state index contributed by atoms with van der Waals surface area (Å²) in [6.45, 7) is 4.47. The minimum Gasteiger partial charge on any atom is -0.497 e. The van der Waals surface area contributed by atoms with Gasteiger partial charge in [0, 0.05) is 17.8 Å². The molecule has 3 rings (SSSR count). The van der Waals surface area contributed by atoms with E-state index in [4.69, 9.17) is 4.74 Å². The highest BCUT2D eigenvalue weighted by atomic mass is 16.5. The highest BCUT2D eigenvalue weighted by Gasteiger charge is 2.35. The highest BCUT2D eigenvalue weighted by molar-refractivity contribution is 6.22. The lowest BCUT2D eigenvalue weighted by Crippen LogP contribution is -2.31. The summed E-state index contributed by atoms with van der Waals surface area (Å²) in [5, 5.41) is 2.77. The first-order chi connectivity index (χ1) is 12.9. The fraction of sp³-hybridized carbons (Fsp3) is 0.286. The number of anilines is 1. The first kappa shape index (κ1) is 18.6. The number of carbonyl (C=O) groups excluding carboxylic acids is 3. The number of rotatable bonds is 6. The van der Waals surface area contributed by atoms with Crippen LogP contribution in [0.2, 0.25) is 0 Å². The molecule has 2 aromatic carbocycles. The van der Waals surface area contributed by atoms with Crippen LogP contribution >= 0.6 is 0 Å². The van der Waals surface area contributed by atoms with E-state index in [0.29, 0.717) is 35.0 Å². The van der Waals surface area contributed by atoms with E-state index in [2.05, 4.69) is 5.32 Å². The summed E-state index contributed by atoms with van der Waals surface area (Å²) >= 11 is 0. The van der Waals surface area contributed by atoms with Crippen molar-refractivity contribution in [1.82, 2.24) is 4.90 Å². The summed E-state index contributed by atoms with van der Waals surface area (Å²) in [6.07, 6.45) is 0.746. The maximum absolute atomic E-state index is 12.6. The maximum atomic E-state index is 12.6. The molecule has 0 aliphatic carbocycles. The van der Waals surface area contributed by atoms with Crippen LogP contribution in [0.4, 0.5) is 5.69 Å². The molecule has 1 aliphatic heterocycles. The lowest BCUT2D eigenvalue weighted by molar-refractivity contribution is 0.0647. The molecule has 0 radical (unpaired) electrons. The second-order valence-corrected chi connectivity index (χ2v) is 6.89. The van der Waals surface area contributed by atoms with E-state index in [9.17, 15) is 14.4 Å². The van der Waals surface area contributed by atoms with Crippen molar-refractivity contribution in [3.63, 3.8) is 0 Å². The van der Waals surface area contributed by atoms with E-state index in [1.807, 2.05) is 13.8 Å². The molecule has 140 valence electrons. The molecule has 0 saturated heterocycles. The van der Waals surface area contributed by atoms with Crippen molar-refractivity contribution in [2.24, 2.45) is 5.92 Å². The molecule has 0 bridgehead atoms. The Morgan fingerprint density at radius 3 is 2.33 bits per heavy atom. The van der Waals surface area contributed by atoms with Gasteiger partial charge in [-0.15, -0.1) is 0 Å². The molecular weight excluding hydrogens is 344 g/mol. The number of nitrogens with zero attached hydrogens (tertiary/aromatic N) is 1. The Labute approximate surface area is 158 Å². The van der Waals surface area contributed by atoms with Gasteiger partial charge in [0.1, 0.15) is 5.75 Å². The van der Waals surface area contributed by atoms with Crippen molar-refractivity contribution in [3.05, 3.63) is 59.2 Å². The zero-order chi connectivity index (χ0) is 19.6. The Hall–Kier alpha value is -3.15. The predicted octanol–water partition coefficient (Wildman–Crippen LogP) is 3.59. The van der Waals surface area contributed by atoms with Crippen LogP contribution in [0.1, 0.15) is 51.3 Å². The van der Waals surface area contributed by atoms with E-state index < -0.39 is 0 Å². The van der Waals surface area contributed by atoms with Gasteiger partial charge in [0.25, 0.3) is 17.7 Å². The maximum Gasteiger partial charge on any atom is 0.261 e. The number of nitrogens with one attached hydrogen (secondary N) is 1. The standard InChI is InChI=1S/C21H22N2O4/c1-13(2)10-11-23-20(25)17-9-4-14(12-18(17)21(23)26)19(24)22-15-5-7-16(27-3)8-6-15/h4-9,12-13H,10-11H2,1-3H3,(H,22,24). The number of benzene rings is 2. The number of hydrogen-bond donors (Lipinski definition) is 1. The van der Waals surface area contributed by atoms with Crippen LogP contribution in [-0.2, 0) is 0 Å². The number of carbonyl (C=O) groups is 3. The van der Waals surface area contributed by atoms with Gasteiger partial charge in [0.05, 0.1) is 18.2 Å². The lowest BCUT2D eigenvalue weighted by atomic mass is 10.1. The van der Waals surface area contributed by atoms with Crippen molar-refractivity contribution in [3.8, 4) is 5.75 Å². The van der Waals surface area contributed by atoms with E-state index in [-0.39, 0.29) is 23.3 Å². The first-order valence-electron chi connectivity index (χ1n) is 8.86. The van der Waals surface area contributed by atoms with Crippen LogP contribution in [-0.4, -0.2) is 36.3 Å². The van der Waals surface area contributed by atoms with Gasteiger partial charge in [-0.05, 0) is 54.8 Å². The fourth-order valence-corrected chi connectivity index (χ4v) is 2.90. The molecule has 0 fully saturated rings. The topological polar surface area (TPSA) is 75.7 Å². The van der Waals surface area contributed by atoms with Gasteiger partial charge in [-0.25, -0.2) is 0 Å². The van der Waals surface area contributed by atoms with Gasteiger partial charge in [0.2, 0.25) is 0 Å². The van der Waals surface area contributed by atoms with E-state index >= 15 is 0 Å². The first-order valence-corrected chi connectivity index (χ1v) is 8.86. The van der Waals surface area contributed by atoms with Gasteiger partial charge < -0.3 is 10.1 Å². The summed E-state index contributed by atoms with van der Waals surface area (Å²) in [6, 6.07) is 11.5. The van der Waals surface area contributed by atoms with Crippen LogP contribution < -0.4 is 10.1 Å². The summed E-state index contributed by atoms with van der Waals surface area (Å²) in [5.74, 6) is 0.104. The molecule has 0 spiro atoms. The molecule has 0 aromatic heterocycles. The lowest BCUT2D eigenvalue weighted by Gasteiger charge is -2.14. The zero-order valence-corrected chi connectivity index (χ0v) is 15.6. The minimum atomic E-state index is -0.344. The van der Waals surface area contributed by atoms with E-state index in [1.54, 1.807) is 43.5 Å². The third-order valence-corrected chi connectivity index (χ3v) is 4.51. The van der Waals surface area contributed by atoms with Crippen molar-refractivity contribution in [2.45, 2.75) is 20.3 Å². The molecule has 1 aliphatic rings. The normalized spacial score (nSPS) is 13.1. The number of fused-ring (bicyclic) bond motifs is 1. The molecule has 6 heteroatoms. The number of ether oxygens (including phenoxy) is 1. The van der Waals surface area contributed by atoms with Crippen molar-refractivity contribution < 1.29 is 19.1 Å². The Bertz CT molecular complexity index is 888. The highest BCUT2D eigenvalue weighted by Crippen LogP contribution is 2.25. The van der Waals surface area contributed by atoms with Crippen molar-refractivity contribution in [2.75, 3.05) is 19.0 Å². The van der Waals surface area contributed by atoms with Crippen LogP contribution in [0.25, 0.3) is 0 Å². The molecular formula is C21H22N2O4. The third kappa shape index (κ3) is 3.84. The summed E-state index contributed by atoms with van der Waals surface area (Å²) in [4.78, 5) is 38.8. The van der Waals surface area contributed by atoms with Crippen LogP contribution in [0.3, 0.4) is 0 Å². The molecule has 27 heavy (non-hydrogen) atoms. The fourth-order valence-electron chi connectivity index (χ4n) is 2.90. The molecule has 1 N–H and O–H groups in total. The third-order valence-electron chi connectivity index (χ3n) is 4.51. The molecule has 2 aromatic rings. The molecule has 3 amide bonds. The molecule has 6 nitrogen and oxygen atoms in total. The van der Waals surface area contributed by atoms with Crippen LogP contribution in [0, 0.1) is 5.92 Å². The van der Waals surface area contributed by atoms with Crippen LogP contribution in [0.15, 0.2) is 42.5 Å². The van der Waals surface area contributed by atoms with Gasteiger partial charge in [-0.1, -0.05) is 13.8 Å². The number of imide groups is 1. The second kappa shape index (κ2) is 7.61. The summed E-state index contributed by atoms with van der Waals surface area (Å²) < 4.78 is 5.09. The van der Waals surface area contributed by atoms with Crippen molar-refractivity contribution in [1.29, 1.82) is 0 Å². The van der Waals surface area contributed by atoms with Gasteiger partial charge >= 0.3 is 0 Å². The smallest absolute Gasteiger partial charge is 0.261 e. The quantitative estimate of drug-likeness (QED) is 0.793. The van der Waals surface area contributed by atoms with Gasteiger partial charge in [-0.3, -0.25) is 19.3 Å². The molecule has 0 saturated carbocycles. The van der Waals surface area contributed by atoms with Crippen molar-refractivity contribution >= 4 is 23.4 Å². The monoisotopic (exact) mass is 366 g/mol. The van der Waals surface area contributed by atoms with Gasteiger partial charge in [-0.2, -0.15) is 0 Å². The molecule has 0 atom stereocenters. The van der Waals surface area contributed by atoms with E-state index in [1.165, 1.54) is 11.0 Å². The summed E-state index contributed by atoms with van der Waals surface area (Å²) in [7, 11) is 1.57. The Balaban J connectivity index is 1.77. The number of hydrogen-bond acceptors (Lipinski definition) is 4. The largest absolute Gasteiger partial charge is 0.497 e. The summed E-state index contributed by atoms with van der Waals surface area (Å²) in [5.41, 5.74) is 1.58. The SMILES string of the molecule is COc1ccc(NC(=O)c2ccc3c(c2)C(=O)N(CCC(C)C)C3=O)cc1. The Kier molecular flexibility index (Phi) is 5.26. The van der Waals surface area contributed by atoms with Gasteiger partial charge in [0.15, 0.2) is 0 Å². The average molecular weight is 366 g/mol. The average Bonchev–Trinajstić information content (AvgIpc) is 2.90. The Morgan fingerprint density at radius 1 is 1.04 bits per heavy atom. The number of methoxy groups -OCH3 is 1. The molecule has 0 unspecified atom stereocenters. The number of amides is 3. The predicted molar refractivity (Wildman–Crippen MR) is 102 cm³/mol. The van der Waals surface area contributed by atoms with E-state index in [0.717, 1.165) is 6.42 Å². The minimum absolute atomic E-state index is 0.283.